The second-order valence-corrected chi connectivity index (χ2v) is 3.71. The van der Waals surface area contributed by atoms with Crippen molar-refractivity contribution in [1.82, 2.24) is 0 Å². The number of allylic oxidation sites excluding steroid dienone is 2. The lowest BCUT2D eigenvalue weighted by molar-refractivity contribution is -0.142. The van der Waals surface area contributed by atoms with Gasteiger partial charge < -0.3 is 5.11 Å². The van der Waals surface area contributed by atoms with E-state index in [1.54, 1.807) is 6.08 Å². The molecule has 1 saturated carbocycles. The standard InChI is InChI=1S/C9H13ClO2/c1-2-7(10)5-8(9(11)12)6-3-4-6/h2,6,8H,3-5H2,1H3,(H,11,12)/b7-2-. The Morgan fingerprint density at radius 3 is 2.67 bits per heavy atom. The maximum absolute atomic E-state index is 10.7. The molecule has 1 fully saturated rings. The molecular formula is C9H13ClO2. The fraction of sp³-hybridized carbons (Fsp3) is 0.667. The lowest BCUT2D eigenvalue weighted by Crippen LogP contribution is -2.15. The molecule has 1 N–H and O–H groups in total. The Hall–Kier alpha value is -0.500. The number of carboxylic acids is 1. The van der Waals surface area contributed by atoms with Gasteiger partial charge in [0.05, 0.1) is 5.92 Å². The summed E-state index contributed by atoms with van der Waals surface area (Å²) in [7, 11) is 0. The highest BCUT2D eigenvalue weighted by Crippen LogP contribution is 2.40. The largest absolute Gasteiger partial charge is 0.481 e. The summed E-state index contributed by atoms with van der Waals surface area (Å²) in [4.78, 5) is 10.7. The topological polar surface area (TPSA) is 37.3 Å². The van der Waals surface area contributed by atoms with Crippen LogP contribution in [0.4, 0.5) is 0 Å². The van der Waals surface area contributed by atoms with Crippen molar-refractivity contribution < 1.29 is 9.90 Å². The molecule has 12 heavy (non-hydrogen) atoms. The molecule has 1 rings (SSSR count). The highest BCUT2D eigenvalue weighted by molar-refractivity contribution is 6.29. The minimum atomic E-state index is -0.711. The molecular weight excluding hydrogens is 176 g/mol. The van der Waals surface area contributed by atoms with Crippen LogP contribution in [0, 0.1) is 11.8 Å². The van der Waals surface area contributed by atoms with Crippen LogP contribution in [0.2, 0.25) is 0 Å². The summed E-state index contributed by atoms with van der Waals surface area (Å²) in [5, 5.41) is 9.50. The number of carboxylic acid groups (broad SMARTS) is 1. The smallest absolute Gasteiger partial charge is 0.307 e. The van der Waals surface area contributed by atoms with E-state index in [1.165, 1.54) is 0 Å². The van der Waals surface area contributed by atoms with Crippen LogP contribution in [0.3, 0.4) is 0 Å². The Labute approximate surface area is 77.2 Å². The summed E-state index contributed by atoms with van der Waals surface area (Å²) in [6, 6.07) is 0. The maximum atomic E-state index is 10.7. The van der Waals surface area contributed by atoms with E-state index in [-0.39, 0.29) is 5.92 Å². The normalized spacial score (nSPS) is 20.7. The Morgan fingerprint density at radius 1 is 1.75 bits per heavy atom. The van der Waals surface area contributed by atoms with Crippen LogP contribution >= 0.6 is 11.6 Å². The molecule has 0 heterocycles. The van der Waals surface area contributed by atoms with Gasteiger partial charge in [0.15, 0.2) is 0 Å². The molecule has 0 radical (unpaired) electrons. The number of rotatable bonds is 4. The third-order valence-corrected chi connectivity index (χ3v) is 2.61. The lowest BCUT2D eigenvalue weighted by Gasteiger charge is -2.09. The number of aliphatic carboxylic acids is 1. The molecule has 1 aliphatic carbocycles. The molecule has 1 aliphatic rings. The van der Waals surface area contributed by atoms with Gasteiger partial charge in [-0.25, -0.2) is 0 Å². The molecule has 0 aromatic rings. The van der Waals surface area contributed by atoms with Crippen LogP contribution < -0.4 is 0 Å². The molecule has 1 atom stereocenters. The van der Waals surface area contributed by atoms with Gasteiger partial charge in [-0.15, -0.1) is 0 Å². The predicted octanol–water partition coefficient (Wildman–Crippen LogP) is 2.63. The van der Waals surface area contributed by atoms with Crippen molar-refractivity contribution in [3.05, 3.63) is 11.1 Å². The van der Waals surface area contributed by atoms with Gasteiger partial charge in [-0.05, 0) is 32.1 Å². The maximum Gasteiger partial charge on any atom is 0.307 e. The van der Waals surface area contributed by atoms with Crippen molar-refractivity contribution in [3.63, 3.8) is 0 Å². The van der Waals surface area contributed by atoms with E-state index in [0.29, 0.717) is 17.4 Å². The summed E-state index contributed by atoms with van der Waals surface area (Å²) >= 11 is 5.77. The Balaban J connectivity index is 2.48. The Kier molecular flexibility index (Phi) is 3.15. The SMILES string of the molecule is C/C=C(\Cl)CC(C(=O)O)C1CC1. The summed E-state index contributed by atoms with van der Waals surface area (Å²) in [6.45, 7) is 1.83. The molecule has 0 aromatic carbocycles. The van der Waals surface area contributed by atoms with Gasteiger partial charge in [0, 0.05) is 5.03 Å². The zero-order chi connectivity index (χ0) is 9.14. The van der Waals surface area contributed by atoms with Crippen LogP contribution in [0.5, 0.6) is 0 Å². The van der Waals surface area contributed by atoms with Gasteiger partial charge in [-0.3, -0.25) is 4.79 Å². The van der Waals surface area contributed by atoms with Gasteiger partial charge in [-0.1, -0.05) is 17.7 Å². The molecule has 0 amide bonds. The molecule has 3 heteroatoms. The van der Waals surface area contributed by atoms with Crippen molar-refractivity contribution in [2.24, 2.45) is 11.8 Å². The quantitative estimate of drug-likeness (QED) is 0.737. The number of hydrogen-bond donors (Lipinski definition) is 1. The zero-order valence-electron chi connectivity index (χ0n) is 7.09. The van der Waals surface area contributed by atoms with E-state index in [1.807, 2.05) is 6.92 Å². The average molecular weight is 189 g/mol. The summed E-state index contributed by atoms with van der Waals surface area (Å²) in [5.41, 5.74) is 0. The van der Waals surface area contributed by atoms with E-state index >= 15 is 0 Å². The molecule has 0 aromatic heterocycles. The molecule has 68 valence electrons. The highest BCUT2D eigenvalue weighted by atomic mass is 35.5. The van der Waals surface area contributed by atoms with Gasteiger partial charge >= 0.3 is 5.97 Å². The first kappa shape index (κ1) is 9.59. The fourth-order valence-electron chi connectivity index (χ4n) is 1.28. The lowest BCUT2D eigenvalue weighted by atomic mass is 10.00. The third-order valence-electron chi connectivity index (χ3n) is 2.24. The molecule has 0 aliphatic heterocycles. The van der Waals surface area contributed by atoms with Crippen molar-refractivity contribution in [2.45, 2.75) is 26.2 Å². The van der Waals surface area contributed by atoms with E-state index in [0.717, 1.165) is 12.8 Å². The van der Waals surface area contributed by atoms with Crippen LogP contribution in [-0.2, 0) is 4.79 Å². The first-order chi connectivity index (χ1) is 5.65. The first-order valence-corrected chi connectivity index (χ1v) is 4.56. The Bertz CT molecular complexity index is 207. The van der Waals surface area contributed by atoms with Gasteiger partial charge in [0.1, 0.15) is 0 Å². The van der Waals surface area contributed by atoms with E-state index in [9.17, 15) is 4.79 Å². The number of hydrogen-bond acceptors (Lipinski definition) is 1. The summed E-state index contributed by atoms with van der Waals surface area (Å²) in [5.74, 6) is -0.595. The first-order valence-electron chi connectivity index (χ1n) is 4.18. The summed E-state index contributed by atoms with van der Waals surface area (Å²) < 4.78 is 0. The van der Waals surface area contributed by atoms with Gasteiger partial charge in [0.25, 0.3) is 0 Å². The van der Waals surface area contributed by atoms with E-state index in [2.05, 4.69) is 0 Å². The summed E-state index contributed by atoms with van der Waals surface area (Å²) in [6.07, 6.45) is 4.35. The average Bonchev–Trinajstić information content (AvgIpc) is 2.81. The molecule has 1 unspecified atom stereocenters. The molecule has 2 nitrogen and oxygen atoms in total. The zero-order valence-corrected chi connectivity index (χ0v) is 7.84. The highest BCUT2D eigenvalue weighted by Gasteiger charge is 2.36. The second-order valence-electron chi connectivity index (χ2n) is 3.22. The fourth-order valence-corrected chi connectivity index (χ4v) is 1.45. The van der Waals surface area contributed by atoms with E-state index in [4.69, 9.17) is 16.7 Å². The van der Waals surface area contributed by atoms with E-state index < -0.39 is 5.97 Å². The van der Waals surface area contributed by atoms with Crippen molar-refractivity contribution in [1.29, 1.82) is 0 Å². The van der Waals surface area contributed by atoms with Crippen molar-refractivity contribution in [3.8, 4) is 0 Å². The van der Waals surface area contributed by atoms with Crippen LogP contribution in [0.15, 0.2) is 11.1 Å². The van der Waals surface area contributed by atoms with Gasteiger partial charge in [-0.2, -0.15) is 0 Å². The Morgan fingerprint density at radius 2 is 2.33 bits per heavy atom. The molecule has 0 bridgehead atoms. The second kappa shape index (κ2) is 3.94. The molecule has 0 saturated heterocycles. The number of halogens is 1. The number of carbonyl (C=O) groups is 1. The monoisotopic (exact) mass is 188 g/mol. The predicted molar refractivity (Wildman–Crippen MR) is 48.1 cm³/mol. The van der Waals surface area contributed by atoms with Crippen molar-refractivity contribution >= 4 is 17.6 Å². The van der Waals surface area contributed by atoms with Gasteiger partial charge in [0.2, 0.25) is 0 Å². The van der Waals surface area contributed by atoms with Crippen LogP contribution in [-0.4, -0.2) is 11.1 Å². The molecule has 0 spiro atoms. The minimum absolute atomic E-state index is 0.256. The third kappa shape index (κ3) is 2.52. The van der Waals surface area contributed by atoms with Crippen molar-refractivity contribution in [2.75, 3.05) is 0 Å². The van der Waals surface area contributed by atoms with Crippen LogP contribution in [0.1, 0.15) is 26.2 Å². The minimum Gasteiger partial charge on any atom is -0.481 e. The van der Waals surface area contributed by atoms with Crippen LogP contribution in [0.25, 0.3) is 0 Å².